The second-order valence-electron chi connectivity index (χ2n) is 11.0. The lowest BCUT2D eigenvalue weighted by molar-refractivity contribution is 0.102. The van der Waals surface area contributed by atoms with Gasteiger partial charge in [-0.25, -0.2) is 14.4 Å². The summed E-state index contributed by atoms with van der Waals surface area (Å²) < 4.78 is 14.7. The Labute approximate surface area is 263 Å². The van der Waals surface area contributed by atoms with E-state index in [1.54, 1.807) is 30.7 Å². The molecule has 228 valence electrons. The summed E-state index contributed by atoms with van der Waals surface area (Å²) in [5, 5.41) is 13.7. The Hall–Kier alpha value is -6.01. The van der Waals surface area contributed by atoms with Crippen LogP contribution in [0, 0.1) is 5.82 Å². The molecule has 46 heavy (non-hydrogen) atoms. The number of anilines is 2. The molecule has 2 aromatic carbocycles. The first kappa shape index (κ1) is 28.7. The fourth-order valence-corrected chi connectivity index (χ4v) is 5.18. The largest absolute Gasteiger partial charge is 0.384 e. The molecule has 7 rings (SSSR count). The topological polar surface area (TPSA) is 140 Å². The number of H-pyrrole nitrogens is 2. The van der Waals surface area contributed by atoms with Gasteiger partial charge in [0.15, 0.2) is 11.5 Å². The van der Waals surface area contributed by atoms with Crippen LogP contribution in [0.4, 0.5) is 15.8 Å². The number of nitrogens with one attached hydrogen (secondary N) is 4. The number of carbonyl (C=O) groups is 1. The molecule has 4 N–H and O–H groups in total. The van der Waals surface area contributed by atoms with Crippen molar-refractivity contribution in [1.82, 2.24) is 40.0 Å². The number of imidazole rings is 1. The van der Waals surface area contributed by atoms with E-state index in [-0.39, 0.29) is 11.7 Å². The smallest absolute Gasteiger partial charge is 0.255 e. The van der Waals surface area contributed by atoms with Gasteiger partial charge >= 0.3 is 0 Å². The molecule has 12 heteroatoms. The fraction of sp³-hybridized carbons (Fsp3) is 0.118. The predicted molar refractivity (Wildman–Crippen MR) is 177 cm³/mol. The average Bonchev–Trinajstić information content (AvgIpc) is 3.69. The Kier molecular flexibility index (Phi) is 7.61. The maximum Gasteiger partial charge on any atom is 0.255 e. The highest BCUT2D eigenvalue weighted by Gasteiger charge is 2.18. The Morgan fingerprint density at radius 2 is 1.70 bits per heavy atom. The summed E-state index contributed by atoms with van der Waals surface area (Å²) in [4.78, 5) is 36.7. The quantitative estimate of drug-likeness (QED) is 0.156. The molecule has 0 atom stereocenters. The maximum atomic E-state index is 14.7. The van der Waals surface area contributed by atoms with E-state index in [9.17, 15) is 9.18 Å². The van der Waals surface area contributed by atoms with Crippen LogP contribution in [-0.4, -0.2) is 73.1 Å². The summed E-state index contributed by atoms with van der Waals surface area (Å²) in [5.41, 5.74) is 7.43. The molecule has 0 saturated heterocycles. The van der Waals surface area contributed by atoms with Gasteiger partial charge in [-0.2, -0.15) is 5.10 Å². The van der Waals surface area contributed by atoms with Gasteiger partial charge in [0, 0.05) is 47.9 Å². The molecule has 0 saturated carbocycles. The number of carbonyl (C=O) groups excluding carboxylic acids is 1. The van der Waals surface area contributed by atoms with E-state index in [2.05, 4.69) is 40.7 Å². The van der Waals surface area contributed by atoms with Gasteiger partial charge in [0.2, 0.25) is 0 Å². The SMILES string of the molecule is CN(C)CCNc1cc(F)cc(-c2nccc3[nH]c(-c4n[nH]c5ccc(-c6cncc(NC(=O)c7ccccc7)c6)nc45)nc23)c1. The highest BCUT2D eigenvalue weighted by molar-refractivity contribution is 6.04. The fourth-order valence-electron chi connectivity index (χ4n) is 5.18. The van der Waals surface area contributed by atoms with Crippen molar-refractivity contribution in [3.05, 3.63) is 103 Å². The van der Waals surface area contributed by atoms with Crippen molar-refractivity contribution in [2.45, 2.75) is 0 Å². The van der Waals surface area contributed by atoms with Crippen LogP contribution in [0.3, 0.4) is 0 Å². The van der Waals surface area contributed by atoms with Crippen LogP contribution in [-0.2, 0) is 0 Å². The molecular formula is C34H29FN10O. The second-order valence-corrected chi connectivity index (χ2v) is 11.0. The van der Waals surface area contributed by atoms with E-state index in [0.29, 0.717) is 63.0 Å². The van der Waals surface area contributed by atoms with Gasteiger partial charge in [0.05, 0.1) is 34.3 Å². The number of fused-ring (bicyclic) bond motifs is 2. The van der Waals surface area contributed by atoms with Gasteiger partial charge in [-0.15, -0.1) is 0 Å². The molecule has 11 nitrogen and oxygen atoms in total. The molecule has 0 aliphatic carbocycles. The normalized spacial score (nSPS) is 11.4. The summed E-state index contributed by atoms with van der Waals surface area (Å²) in [6, 6.07) is 21.2. The number of likely N-dealkylation sites (N-methyl/N-ethyl adjacent to an activating group) is 1. The predicted octanol–water partition coefficient (Wildman–Crippen LogP) is 5.99. The second kappa shape index (κ2) is 12.2. The van der Waals surface area contributed by atoms with Crippen molar-refractivity contribution in [1.29, 1.82) is 0 Å². The molecule has 5 aromatic heterocycles. The molecule has 0 radical (unpaired) electrons. The van der Waals surface area contributed by atoms with E-state index in [1.807, 2.05) is 62.6 Å². The minimum Gasteiger partial charge on any atom is -0.384 e. The van der Waals surface area contributed by atoms with Crippen molar-refractivity contribution in [3.63, 3.8) is 0 Å². The van der Waals surface area contributed by atoms with E-state index >= 15 is 0 Å². The molecule has 0 bridgehead atoms. The Morgan fingerprint density at radius 3 is 2.54 bits per heavy atom. The number of halogens is 1. The third-order valence-corrected chi connectivity index (χ3v) is 7.42. The summed E-state index contributed by atoms with van der Waals surface area (Å²) in [6.45, 7) is 1.48. The molecule has 1 amide bonds. The average molecular weight is 613 g/mol. The molecule has 0 fully saturated rings. The molecule has 0 aliphatic rings. The first-order valence-electron chi connectivity index (χ1n) is 14.6. The van der Waals surface area contributed by atoms with Gasteiger partial charge in [-0.1, -0.05) is 18.2 Å². The first-order valence-corrected chi connectivity index (χ1v) is 14.6. The lowest BCUT2D eigenvalue weighted by atomic mass is 10.1. The number of hydrogen-bond donors (Lipinski definition) is 4. The van der Waals surface area contributed by atoms with Crippen LogP contribution in [0.25, 0.3) is 56.1 Å². The number of nitrogens with zero attached hydrogens (tertiary/aromatic N) is 6. The Balaban J connectivity index is 1.21. The highest BCUT2D eigenvalue weighted by atomic mass is 19.1. The summed E-state index contributed by atoms with van der Waals surface area (Å²) in [7, 11) is 3.97. The minimum atomic E-state index is -0.368. The zero-order chi connectivity index (χ0) is 31.6. The van der Waals surface area contributed by atoms with Gasteiger partial charge in [-0.05, 0) is 68.7 Å². The standard InChI is InChI=1S/C34H29FN10O/c1-45(2)13-12-37-24-15-21(14-23(35)17-24)29-30-27(10-11-38-29)41-33(42-30)32-31-28(43-44-32)9-8-26(40-31)22-16-25(19-36-18-22)39-34(46)20-6-4-3-5-7-20/h3-11,14-19,37H,12-13H2,1-2H3,(H,39,46)(H,41,42)(H,43,44). The molecule has 0 aliphatic heterocycles. The molecular weight excluding hydrogens is 583 g/mol. The van der Waals surface area contributed by atoms with Crippen LogP contribution >= 0.6 is 0 Å². The number of aromatic amines is 2. The number of hydrogen-bond acceptors (Lipinski definition) is 8. The van der Waals surface area contributed by atoms with Gasteiger partial charge in [0.25, 0.3) is 5.91 Å². The molecule has 0 unspecified atom stereocenters. The van der Waals surface area contributed by atoms with Crippen LogP contribution in [0.2, 0.25) is 0 Å². The summed E-state index contributed by atoms with van der Waals surface area (Å²) in [6.07, 6.45) is 4.95. The molecule has 0 spiro atoms. The molecule has 7 aromatic rings. The van der Waals surface area contributed by atoms with E-state index in [1.165, 1.54) is 12.1 Å². The highest BCUT2D eigenvalue weighted by Crippen LogP contribution is 2.32. The van der Waals surface area contributed by atoms with Gasteiger partial charge < -0.3 is 20.5 Å². The monoisotopic (exact) mass is 612 g/mol. The van der Waals surface area contributed by atoms with E-state index in [4.69, 9.17) is 9.97 Å². The van der Waals surface area contributed by atoms with E-state index in [0.717, 1.165) is 23.1 Å². The summed E-state index contributed by atoms with van der Waals surface area (Å²) >= 11 is 0. The van der Waals surface area contributed by atoms with Crippen molar-refractivity contribution in [2.24, 2.45) is 0 Å². The third kappa shape index (κ3) is 5.88. The molecule has 5 heterocycles. The zero-order valence-corrected chi connectivity index (χ0v) is 25.0. The van der Waals surface area contributed by atoms with Crippen molar-refractivity contribution < 1.29 is 9.18 Å². The van der Waals surface area contributed by atoms with Crippen molar-refractivity contribution in [2.75, 3.05) is 37.8 Å². The maximum absolute atomic E-state index is 14.7. The first-order chi connectivity index (χ1) is 22.4. The van der Waals surface area contributed by atoms with Crippen LogP contribution in [0.1, 0.15) is 10.4 Å². The van der Waals surface area contributed by atoms with E-state index < -0.39 is 0 Å². The number of amides is 1. The number of benzene rings is 2. The zero-order valence-electron chi connectivity index (χ0n) is 25.0. The van der Waals surface area contributed by atoms with Gasteiger partial charge in [0.1, 0.15) is 16.9 Å². The number of aromatic nitrogens is 7. The van der Waals surface area contributed by atoms with Crippen LogP contribution < -0.4 is 10.6 Å². The summed E-state index contributed by atoms with van der Waals surface area (Å²) in [5.74, 6) is -0.107. The lowest BCUT2D eigenvalue weighted by Gasteiger charge is -2.12. The minimum absolute atomic E-state index is 0.228. The van der Waals surface area contributed by atoms with Crippen LogP contribution in [0.5, 0.6) is 0 Å². The Morgan fingerprint density at radius 1 is 0.870 bits per heavy atom. The van der Waals surface area contributed by atoms with Crippen molar-refractivity contribution in [3.8, 4) is 34.0 Å². The lowest BCUT2D eigenvalue weighted by Crippen LogP contribution is -2.20. The van der Waals surface area contributed by atoms with Gasteiger partial charge in [-0.3, -0.25) is 19.9 Å². The third-order valence-electron chi connectivity index (χ3n) is 7.42. The number of rotatable bonds is 9. The van der Waals surface area contributed by atoms with Crippen LogP contribution in [0.15, 0.2) is 91.4 Å². The van der Waals surface area contributed by atoms with Crippen molar-refractivity contribution >= 4 is 39.3 Å². The number of pyridine rings is 3. The Bertz CT molecular complexity index is 2190.